The molecule has 0 heterocycles. The Bertz CT molecular complexity index is 790. The first kappa shape index (κ1) is 18.9. The molecular formula is C17H18Cl2N4O2. The van der Waals surface area contributed by atoms with Gasteiger partial charge < -0.3 is 20.9 Å². The first-order valence-electron chi connectivity index (χ1n) is 7.45. The van der Waals surface area contributed by atoms with E-state index >= 15 is 0 Å². The van der Waals surface area contributed by atoms with Crippen LogP contribution in [-0.2, 0) is 6.61 Å². The second-order valence-electron chi connectivity index (χ2n) is 4.95. The molecule has 0 saturated carbocycles. The summed E-state index contributed by atoms with van der Waals surface area (Å²) >= 11 is 11.9. The Kier molecular flexibility index (Phi) is 6.91. The maximum Gasteiger partial charge on any atom is 0.211 e. The van der Waals surface area contributed by atoms with Crippen LogP contribution < -0.4 is 20.9 Å². The number of nitrogens with two attached hydrogens (primary N) is 2. The van der Waals surface area contributed by atoms with Gasteiger partial charge in [0.25, 0.3) is 0 Å². The fourth-order valence-corrected chi connectivity index (χ4v) is 2.27. The van der Waals surface area contributed by atoms with Gasteiger partial charge in [-0.25, -0.2) is 0 Å². The van der Waals surface area contributed by atoms with Crippen molar-refractivity contribution in [2.24, 2.45) is 21.7 Å². The maximum absolute atomic E-state index is 6.01. The normalized spacial score (nSPS) is 10.7. The summed E-state index contributed by atoms with van der Waals surface area (Å²) in [4.78, 5) is 0. The zero-order valence-corrected chi connectivity index (χ0v) is 15.1. The minimum absolute atomic E-state index is 0.108. The van der Waals surface area contributed by atoms with Crippen LogP contribution in [0.2, 0.25) is 10.0 Å². The van der Waals surface area contributed by atoms with Crippen molar-refractivity contribution in [2.45, 2.75) is 13.5 Å². The van der Waals surface area contributed by atoms with Crippen molar-refractivity contribution in [2.75, 3.05) is 6.61 Å². The van der Waals surface area contributed by atoms with E-state index in [4.69, 9.17) is 44.1 Å². The standard InChI is InChI=1S/C17H18Cl2N4O2/c1-2-24-16-8-11(9-22-23-17(20)21)4-6-15(16)25-10-12-3-5-13(18)14(19)7-12/h3-9H,2,10H2,1H3,(H4,20,21,23)/b22-9+. The maximum atomic E-state index is 6.01. The molecule has 0 spiro atoms. The molecule has 6 nitrogen and oxygen atoms in total. The lowest BCUT2D eigenvalue weighted by Crippen LogP contribution is -2.21. The van der Waals surface area contributed by atoms with E-state index in [0.29, 0.717) is 34.8 Å². The van der Waals surface area contributed by atoms with Gasteiger partial charge in [-0.05, 0) is 48.4 Å². The second-order valence-corrected chi connectivity index (χ2v) is 5.76. The molecule has 2 aromatic carbocycles. The van der Waals surface area contributed by atoms with Gasteiger partial charge in [-0.15, -0.1) is 5.10 Å². The molecular weight excluding hydrogens is 363 g/mol. The number of hydrogen-bond donors (Lipinski definition) is 2. The van der Waals surface area contributed by atoms with Gasteiger partial charge >= 0.3 is 0 Å². The van der Waals surface area contributed by atoms with Crippen LogP contribution in [0.25, 0.3) is 0 Å². The third-order valence-electron chi connectivity index (χ3n) is 3.03. The number of hydrogen-bond acceptors (Lipinski definition) is 4. The molecule has 2 rings (SSSR count). The van der Waals surface area contributed by atoms with Gasteiger partial charge in [0.15, 0.2) is 11.5 Å². The Morgan fingerprint density at radius 3 is 2.52 bits per heavy atom. The smallest absolute Gasteiger partial charge is 0.211 e. The van der Waals surface area contributed by atoms with Crippen molar-refractivity contribution in [1.29, 1.82) is 0 Å². The lowest BCUT2D eigenvalue weighted by Gasteiger charge is -2.13. The molecule has 4 N–H and O–H groups in total. The Hall–Kier alpha value is -2.44. The van der Waals surface area contributed by atoms with Gasteiger partial charge in [0, 0.05) is 0 Å². The van der Waals surface area contributed by atoms with Gasteiger partial charge in [-0.3, -0.25) is 0 Å². The molecule has 0 saturated heterocycles. The SMILES string of the molecule is CCOc1cc(/C=N/N=C(N)N)ccc1OCc1ccc(Cl)c(Cl)c1. The molecule has 0 fully saturated rings. The van der Waals surface area contributed by atoms with E-state index in [0.717, 1.165) is 11.1 Å². The summed E-state index contributed by atoms with van der Waals surface area (Å²) in [5.41, 5.74) is 12.1. The highest BCUT2D eigenvalue weighted by Crippen LogP contribution is 2.29. The van der Waals surface area contributed by atoms with Crippen molar-refractivity contribution < 1.29 is 9.47 Å². The number of nitrogens with zero attached hydrogens (tertiary/aromatic N) is 2. The second kappa shape index (κ2) is 9.15. The highest BCUT2D eigenvalue weighted by molar-refractivity contribution is 6.42. The molecule has 0 aliphatic heterocycles. The summed E-state index contributed by atoms with van der Waals surface area (Å²) in [6.45, 7) is 2.72. The molecule has 0 unspecified atom stereocenters. The number of halogens is 2. The Labute approximate surface area is 156 Å². The molecule has 0 radical (unpaired) electrons. The van der Waals surface area contributed by atoms with E-state index in [1.807, 2.05) is 19.1 Å². The monoisotopic (exact) mass is 380 g/mol. The minimum atomic E-state index is -0.108. The van der Waals surface area contributed by atoms with Gasteiger partial charge in [0.2, 0.25) is 5.96 Å². The van der Waals surface area contributed by atoms with Crippen molar-refractivity contribution >= 4 is 35.4 Å². The van der Waals surface area contributed by atoms with Crippen LogP contribution in [0, 0.1) is 0 Å². The summed E-state index contributed by atoms with van der Waals surface area (Å²) in [6.07, 6.45) is 1.52. The molecule has 0 amide bonds. The quantitative estimate of drug-likeness (QED) is 0.435. The molecule has 0 aromatic heterocycles. The first-order chi connectivity index (χ1) is 12.0. The van der Waals surface area contributed by atoms with Crippen molar-refractivity contribution in [3.63, 3.8) is 0 Å². The fourth-order valence-electron chi connectivity index (χ4n) is 1.95. The summed E-state index contributed by atoms with van der Waals surface area (Å²) < 4.78 is 11.4. The summed E-state index contributed by atoms with van der Waals surface area (Å²) in [6, 6.07) is 10.7. The zero-order chi connectivity index (χ0) is 18.2. The minimum Gasteiger partial charge on any atom is -0.490 e. The zero-order valence-electron chi connectivity index (χ0n) is 13.6. The molecule has 0 aliphatic carbocycles. The Morgan fingerprint density at radius 2 is 1.84 bits per heavy atom. The predicted octanol–water partition coefficient (Wildman–Crippen LogP) is 3.58. The lowest BCUT2D eigenvalue weighted by atomic mass is 10.2. The van der Waals surface area contributed by atoms with Crippen molar-refractivity contribution in [3.05, 3.63) is 57.6 Å². The van der Waals surface area contributed by atoms with E-state index in [9.17, 15) is 0 Å². The van der Waals surface area contributed by atoms with Gasteiger partial charge in [-0.2, -0.15) is 5.10 Å². The number of ether oxygens (including phenoxy) is 2. The summed E-state index contributed by atoms with van der Waals surface area (Å²) in [7, 11) is 0. The van der Waals surface area contributed by atoms with Crippen LogP contribution >= 0.6 is 23.2 Å². The van der Waals surface area contributed by atoms with Crippen LogP contribution in [-0.4, -0.2) is 18.8 Å². The molecule has 0 atom stereocenters. The van der Waals surface area contributed by atoms with Crippen LogP contribution in [0.1, 0.15) is 18.1 Å². The topological polar surface area (TPSA) is 95.2 Å². The molecule has 8 heteroatoms. The summed E-state index contributed by atoms with van der Waals surface area (Å²) in [5, 5.41) is 8.32. The third-order valence-corrected chi connectivity index (χ3v) is 3.77. The van der Waals surface area contributed by atoms with E-state index in [1.54, 1.807) is 24.3 Å². The van der Waals surface area contributed by atoms with Crippen LogP contribution in [0.15, 0.2) is 46.6 Å². The number of rotatable bonds is 7. The fraction of sp³-hybridized carbons (Fsp3) is 0.176. The Balaban J connectivity index is 2.14. The van der Waals surface area contributed by atoms with Crippen molar-refractivity contribution in [3.8, 4) is 11.5 Å². The Morgan fingerprint density at radius 1 is 1.04 bits per heavy atom. The average molecular weight is 381 g/mol. The third kappa shape index (κ3) is 5.85. The highest BCUT2D eigenvalue weighted by Gasteiger charge is 2.07. The van der Waals surface area contributed by atoms with Gasteiger partial charge in [-0.1, -0.05) is 29.3 Å². The predicted molar refractivity (Wildman–Crippen MR) is 102 cm³/mol. The summed E-state index contributed by atoms with van der Waals surface area (Å²) in [5.74, 6) is 1.09. The van der Waals surface area contributed by atoms with E-state index in [-0.39, 0.29) is 5.96 Å². The van der Waals surface area contributed by atoms with E-state index < -0.39 is 0 Å². The lowest BCUT2D eigenvalue weighted by molar-refractivity contribution is 0.269. The molecule has 132 valence electrons. The first-order valence-corrected chi connectivity index (χ1v) is 8.20. The number of guanidine groups is 1. The highest BCUT2D eigenvalue weighted by atomic mass is 35.5. The molecule has 0 bridgehead atoms. The van der Waals surface area contributed by atoms with E-state index in [1.165, 1.54) is 6.21 Å². The average Bonchev–Trinajstić information content (AvgIpc) is 2.57. The van der Waals surface area contributed by atoms with Gasteiger partial charge in [0.1, 0.15) is 6.61 Å². The van der Waals surface area contributed by atoms with Gasteiger partial charge in [0.05, 0.1) is 22.9 Å². The molecule has 2 aromatic rings. The largest absolute Gasteiger partial charge is 0.490 e. The van der Waals surface area contributed by atoms with E-state index in [2.05, 4.69) is 10.2 Å². The molecule has 25 heavy (non-hydrogen) atoms. The van der Waals surface area contributed by atoms with Crippen LogP contribution in [0.4, 0.5) is 0 Å². The van der Waals surface area contributed by atoms with Crippen LogP contribution in [0.3, 0.4) is 0 Å². The number of benzene rings is 2. The van der Waals surface area contributed by atoms with Crippen LogP contribution in [0.5, 0.6) is 11.5 Å². The van der Waals surface area contributed by atoms with Crippen molar-refractivity contribution in [1.82, 2.24) is 0 Å². The molecule has 0 aliphatic rings.